The summed E-state index contributed by atoms with van der Waals surface area (Å²) in [7, 11) is 5.92. The van der Waals surface area contributed by atoms with Crippen molar-refractivity contribution in [2.75, 3.05) is 47.5 Å². The molecule has 0 aliphatic carbocycles. The standard InChI is InChI=1S/C60H111NO8/c1-6-8-10-12-14-16-18-20-22-24-25-26-27-28-29-30-31-32-33-35-36-38-40-42-44-46-48-50-57(62)67-54-56(55-68-60(59(64)65)66-53-52-61(3,4)5)69-58(63)51-49-47-45-43-41-39-37-34-23-21-19-17-15-13-11-9-7-2/h9,11,15,17,21,23,56,60H,6-8,10,12-14,16,18-20,22,24-55H2,1-5H3/b11-9-,17-15-,23-21-. The van der Waals surface area contributed by atoms with E-state index in [0.717, 1.165) is 64.2 Å². The van der Waals surface area contributed by atoms with Crippen LogP contribution in [0.2, 0.25) is 0 Å². The van der Waals surface area contributed by atoms with Crippen molar-refractivity contribution in [3.63, 3.8) is 0 Å². The molecule has 404 valence electrons. The molecule has 0 aromatic carbocycles. The van der Waals surface area contributed by atoms with Crippen LogP contribution in [0.15, 0.2) is 36.5 Å². The molecule has 69 heavy (non-hydrogen) atoms. The van der Waals surface area contributed by atoms with Gasteiger partial charge in [-0.2, -0.15) is 0 Å². The molecule has 0 N–H and O–H groups in total. The highest BCUT2D eigenvalue weighted by Crippen LogP contribution is 2.17. The lowest BCUT2D eigenvalue weighted by molar-refractivity contribution is -0.870. The molecule has 2 unspecified atom stereocenters. The van der Waals surface area contributed by atoms with Crippen LogP contribution < -0.4 is 5.11 Å². The molecule has 0 amide bonds. The maximum Gasteiger partial charge on any atom is 0.306 e. The van der Waals surface area contributed by atoms with Gasteiger partial charge in [-0.15, -0.1) is 0 Å². The number of carboxylic acids is 1. The van der Waals surface area contributed by atoms with Crippen molar-refractivity contribution in [1.82, 2.24) is 0 Å². The lowest BCUT2D eigenvalue weighted by atomic mass is 10.0. The van der Waals surface area contributed by atoms with Gasteiger partial charge < -0.3 is 33.3 Å². The van der Waals surface area contributed by atoms with Gasteiger partial charge >= 0.3 is 11.9 Å². The van der Waals surface area contributed by atoms with Gasteiger partial charge in [0.25, 0.3) is 0 Å². The number of carbonyl (C=O) groups excluding carboxylic acids is 3. The molecule has 2 atom stereocenters. The Balaban J connectivity index is 4.15. The molecule has 0 saturated heterocycles. The third-order valence-electron chi connectivity index (χ3n) is 12.9. The Hall–Kier alpha value is -2.49. The van der Waals surface area contributed by atoms with E-state index in [0.29, 0.717) is 23.9 Å². The number of allylic oxidation sites excluding steroid dienone is 6. The summed E-state index contributed by atoms with van der Waals surface area (Å²) < 4.78 is 22.7. The van der Waals surface area contributed by atoms with Crippen LogP contribution in [-0.4, -0.2) is 82.3 Å². The van der Waals surface area contributed by atoms with E-state index in [4.69, 9.17) is 18.9 Å². The summed E-state index contributed by atoms with van der Waals surface area (Å²) >= 11 is 0. The first-order valence-corrected chi connectivity index (χ1v) is 29.1. The Morgan fingerprint density at radius 3 is 1.23 bits per heavy atom. The van der Waals surface area contributed by atoms with Crippen LogP contribution in [0.3, 0.4) is 0 Å². The molecule has 9 heteroatoms. The van der Waals surface area contributed by atoms with E-state index in [9.17, 15) is 19.5 Å². The third-order valence-corrected chi connectivity index (χ3v) is 12.9. The monoisotopic (exact) mass is 974 g/mol. The normalized spacial score (nSPS) is 13.0. The Morgan fingerprint density at radius 1 is 0.449 bits per heavy atom. The summed E-state index contributed by atoms with van der Waals surface area (Å²) in [5.74, 6) is -2.28. The van der Waals surface area contributed by atoms with Crippen molar-refractivity contribution in [3.8, 4) is 0 Å². The molecule has 0 aliphatic heterocycles. The van der Waals surface area contributed by atoms with Crippen molar-refractivity contribution in [2.24, 2.45) is 0 Å². The van der Waals surface area contributed by atoms with Gasteiger partial charge in [0.2, 0.25) is 0 Å². The SMILES string of the molecule is CC/C=C\C/C=C\C/C=C\CCCCCCCCCC(=O)OC(COC(=O)CCCCCCCCCCCCCCCCCCCCCCCCCCCCC)COC(OCC[N+](C)(C)C)C(=O)[O-]. The van der Waals surface area contributed by atoms with Gasteiger partial charge in [0, 0.05) is 12.8 Å². The molecule has 0 bridgehead atoms. The van der Waals surface area contributed by atoms with Gasteiger partial charge in [0.05, 0.1) is 40.3 Å². The summed E-state index contributed by atoms with van der Waals surface area (Å²) in [5, 5.41) is 11.8. The lowest BCUT2D eigenvalue weighted by Gasteiger charge is -2.26. The van der Waals surface area contributed by atoms with Crippen molar-refractivity contribution in [2.45, 2.75) is 283 Å². The first kappa shape index (κ1) is 66.5. The molecule has 0 aromatic heterocycles. The molecule has 0 aromatic rings. The second-order valence-corrected chi connectivity index (χ2v) is 20.9. The maximum atomic E-state index is 12.8. The average molecular weight is 975 g/mol. The number of hydrogen-bond donors (Lipinski definition) is 0. The van der Waals surface area contributed by atoms with Crippen molar-refractivity contribution in [3.05, 3.63) is 36.5 Å². The van der Waals surface area contributed by atoms with Gasteiger partial charge in [0.15, 0.2) is 12.4 Å². The summed E-state index contributed by atoms with van der Waals surface area (Å²) in [6.45, 7) is 4.66. The van der Waals surface area contributed by atoms with Gasteiger partial charge in [-0.05, 0) is 44.9 Å². The van der Waals surface area contributed by atoms with Gasteiger partial charge in [0.1, 0.15) is 13.2 Å². The number of likely N-dealkylation sites (N-methyl/N-ethyl adjacent to an activating group) is 1. The minimum Gasteiger partial charge on any atom is -0.545 e. The molecule has 0 heterocycles. The quantitative estimate of drug-likeness (QED) is 0.0195. The smallest absolute Gasteiger partial charge is 0.306 e. The van der Waals surface area contributed by atoms with Crippen LogP contribution >= 0.6 is 0 Å². The first-order chi connectivity index (χ1) is 33.6. The number of ether oxygens (including phenoxy) is 4. The first-order valence-electron chi connectivity index (χ1n) is 29.1. The number of nitrogens with zero attached hydrogens (tertiary/aromatic N) is 1. The molecule has 0 rings (SSSR count). The average Bonchev–Trinajstić information content (AvgIpc) is 3.31. The summed E-state index contributed by atoms with van der Waals surface area (Å²) in [6.07, 6.45) is 59.2. The van der Waals surface area contributed by atoms with Crippen LogP contribution in [0, 0.1) is 0 Å². The second kappa shape index (κ2) is 51.9. The Labute approximate surface area is 426 Å². The Kier molecular flexibility index (Phi) is 50.0. The zero-order chi connectivity index (χ0) is 50.6. The third kappa shape index (κ3) is 53.1. The highest BCUT2D eigenvalue weighted by molar-refractivity contribution is 5.70. The molecule has 0 spiro atoms. The van der Waals surface area contributed by atoms with Crippen molar-refractivity contribution in [1.29, 1.82) is 0 Å². The number of rotatable bonds is 54. The molecular weight excluding hydrogens is 863 g/mol. The zero-order valence-corrected chi connectivity index (χ0v) is 45.9. The van der Waals surface area contributed by atoms with E-state index < -0.39 is 24.3 Å². The van der Waals surface area contributed by atoms with Crippen molar-refractivity contribution < 1.29 is 42.9 Å². The number of esters is 2. The van der Waals surface area contributed by atoms with Crippen LogP contribution in [0.1, 0.15) is 271 Å². The van der Waals surface area contributed by atoms with Gasteiger partial charge in [-0.3, -0.25) is 9.59 Å². The Morgan fingerprint density at radius 2 is 0.826 bits per heavy atom. The second-order valence-electron chi connectivity index (χ2n) is 20.9. The summed E-state index contributed by atoms with van der Waals surface area (Å²) in [6, 6.07) is 0. The number of unbranched alkanes of at least 4 members (excludes halogenated alkanes) is 33. The van der Waals surface area contributed by atoms with Crippen LogP contribution in [0.25, 0.3) is 0 Å². The number of carbonyl (C=O) groups is 3. The molecular formula is C60H111NO8. The minimum absolute atomic E-state index is 0.147. The van der Waals surface area contributed by atoms with E-state index in [1.807, 2.05) is 21.1 Å². The predicted molar refractivity (Wildman–Crippen MR) is 288 cm³/mol. The molecule has 0 saturated carbocycles. The fourth-order valence-corrected chi connectivity index (χ4v) is 8.44. The van der Waals surface area contributed by atoms with E-state index in [2.05, 4.69) is 50.3 Å². The topological polar surface area (TPSA) is 111 Å². The molecule has 0 radical (unpaired) electrons. The largest absolute Gasteiger partial charge is 0.545 e. The molecule has 9 nitrogen and oxygen atoms in total. The summed E-state index contributed by atoms with van der Waals surface area (Å²) in [5.41, 5.74) is 0. The highest BCUT2D eigenvalue weighted by atomic mass is 16.7. The molecule has 0 aliphatic rings. The fraction of sp³-hybridized carbons (Fsp3) is 0.850. The van der Waals surface area contributed by atoms with E-state index in [1.165, 1.54) is 173 Å². The summed E-state index contributed by atoms with van der Waals surface area (Å²) in [4.78, 5) is 37.2. The fourth-order valence-electron chi connectivity index (χ4n) is 8.44. The minimum atomic E-state index is -1.62. The number of carboxylic acid groups (broad SMARTS) is 1. The molecule has 0 fully saturated rings. The highest BCUT2D eigenvalue weighted by Gasteiger charge is 2.22. The van der Waals surface area contributed by atoms with Gasteiger partial charge in [-0.25, -0.2) is 0 Å². The lowest BCUT2D eigenvalue weighted by Crippen LogP contribution is -2.44. The van der Waals surface area contributed by atoms with Crippen LogP contribution in [0.5, 0.6) is 0 Å². The van der Waals surface area contributed by atoms with Crippen LogP contribution in [0.4, 0.5) is 0 Å². The number of quaternary nitrogens is 1. The maximum absolute atomic E-state index is 12.8. The predicted octanol–water partition coefficient (Wildman–Crippen LogP) is 15.6. The van der Waals surface area contributed by atoms with E-state index in [-0.39, 0.29) is 32.2 Å². The van der Waals surface area contributed by atoms with Crippen molar-refractivity contribution >= 4 is 17.9 Å². The van der Waals surface area contributed by atoms with E-state index in [1.54, 1.807) is 0 Å². The number of hydrogen-bond acceptors (Lipinski definition) is 8. The van der Waals surface area contributed by atoms with Crippen LogP contribution in [-0.2, 0) is 33.3 Å². The number of aliphatic carboxylic acids is 1. The Bertz CT molecular complexity index is 1230. The van der Waals surface area contributed by atoms with Gasteiger partial charge in [-0.1, -0.05) is 249 Å². The van der Waals surface area contributed by atoms with E-state index >= 15 is 0 Å². The zero-order valence-electron chi connectivity index (χ0n) is 45.9.